The zero-order valence-corrected chi connectivity index (χ0v) is 10.6. The van der Waals surface area contributed by atoms with Crippen LogP contribution < -0.4 is 5.32 Å². The lowest BCUT2D eigenvalue weighted by molar-refractivity contribution is 0.310. The summed E-state index contributed by atoms with van der Waals surface area (Å²) in [6.07, 6.45) is 5.98. The summed E-state index contributed by atoms with van der Waals surface area (Å²) in [4.78, 5) is 4.03. The second-order valence-corrected chi connectivity index (χ2v) is 6.02. The highest BCUT2D eigenvalue weighted by molar-refractivity contribution is 7.06. The van der Waals surface area contributed by atoms with Crippen molar-refractivity contribution in [1.29, 1.82) is 0 Å². The van der Waals surface area contributed by atoms with Crippen molar-refractivity contribution in [1.82, 2.24) is 14.6 Å². The first-order valence-electron chi connectivity index (χ1n) is 6.13. The highest BCUT2D eigenvalue weighted by Crippen LogP contribution is 2.40. The molecule has 0 amide bonds. The average molecular weight is 237 g/mol. The van der Waals surface area contributed by atoms with Gasteiger partial charge in [-0.3, -0.25) is 0 Å². The molecule has 1 saturated heterocycles. The minimum absolute atomic E-state index is 0.388. The highest BCUT2D eigenvalue weighted by Gasteiger charge is 2.38. The number of likely N-dealkylation sites (tertiary alicyclic amines) is 1. The lowest BCUT2D eigenvalue weighted by Crippen LogP contribution is -2.42. The summed E-state index contributed by atoms with van der Waals surface area (Å²) >= 11 is 1.73. The van der Waals surface area contributed by atoms with Crippen LogP contribution in [0, 0.1) is 0 Å². The van der Waals surface area contributed by atoms with E-state index in [0.717, 1.165) is 13.1 Å². The third kappa shape index (κ3) is 1.69. The van der Waals surface area contributed by atoms with Crippen molar-refractivity contribution in [3.05, 3.63) is 16.6 Å². The zero-order chi connectivity index (χ0) is 11.0. The van der Waals surface area contributed by atoms with Gasteiger partial charge in [-0.2, -0.15) is 0 Å². The maximum absolute atomic E-state index is 4.39. The third-order valence-electron chi connectivity index (χ3n) is 4.07. The maximum Gasteiger partial charge on any atom is 0.0455 e. The first-order chi connectivity index (χ1) is 7.80. The van der Waals surface area contributed by atoms with E-state index in [0.29, 0.717) is 5.41 Å². The molecule has 0 radical (unpaired) electrons. The van der Waals surface area contributed by atoms with E-state index in [4.69, 9.17) is 0 Å². The minimum Gasteiger partial charge on any atom is -0.312 e. The van der Waals surface area contributed by atoms with Crippen molar-refractivity contribution < 1.29 is 0 Å². The van der Waals surface area contributed by atoms with Crippen molar-refractivity contribution in [3.8, 4) is 0 Å². The molecule has 3 heterocycles. The minimum atomic E-state index is 0.388. The predicted molar refractivity (Wildman–Crippen MR) is 66.8 cm³/mol. The molecule has 0 saturated carbocycles. The van der Waals surface area contributed by atoms with Crippen LogP contribution in [0.25, 0.3) is 0 Å². The summed E-state index contributed by atoms with van der Waals surface area (Å²) < 4.78 is 4.39. The molecule has 88 valence electrons. The van der Waals surface area contributed by atoms with Crippen LogP contribution >= 0.6 is 11.5 Å². The Kier molecular flexibility index (Phi) is 2.73. The lowest BCUT2D eigenvalue weighted by atomic mass is 9.76. The van der Waals surface area contributed by atoms with Gasteiger partial charge in [0.05, 0.1) is 0 Å². The standard InChI is InChI=1S/C12H19N3S/c1-15-5-2-3-12(4-6-15)9-13-7-10-8-14-16-11(10)12/h8,13H,2-7,9H2,1H3. The van der Waals surface area contributed by atoms with E-state index < -0.39 is 0 Å². The summed E-state index contributed by atoms with van der Waals surface area (Å²) in [5.41, 5.74) is 1.83. The molecular formula is C12H19N3S. The Hall–Kier alpha value is -0.450. The van der Waals surface area contributed by atoms with E-state index in [1.54, 1.807) is 16.4 Å². The molecule has 0 bridgehead atoms. The summed E-state index contributed by atoms with van der Waals surface area (Å²) in [5.74, 6) is 0. The largest absolute Gasteiger partial charge is 0.312 e. The number of fused-ring (bicyclic) bond motifs is 2. The van der Waals surface area contributed by atoms with E-state index in [-0.39, 0.29) is 0 Å². The number of hydrogen-bond donors (Lipinski definition) is 1. The van der Waals surface area contributed by atoms with E-state index >= 15 is 0 Å². The van der Waals surface area contributed by atoms with Gasteiger partial charge in [0.15, 0.2) is 0 Å². The normalized spacial score (nSPS) is 31.3. The van der Waals surface area contributed by atoms with Gasteiger partial charge in [0.2, 0.25) is 0 Å². The first kappa shape index (κ1) is 10.7. The molecule has 0 aromatic carbocycles. The fourth-order valence-corrected chi connectivity index (χ4v) is 4.07. The number of nitrogens with one attached hydrogen (secondary N) is 1. The smallest absolute Gasteiger partial charge is 0.0455 e. The summed E-state index contributed by atoms with van der Waals surface area (Å²) in [7, 11) is 2.24. The van der Waals surface area contributed by atoms with Gasteiger partial charge in [-0.05, 0) is 50.9 Å². The Morgan fingerprint density at radius 2 is 2.38 bits per heavy atom. The molecule has 1 aromatic heterocycles. The third-order valence-corrected chi connectivity index (χ3v) is 5.16. The average Bonchev–Trinajstić information content (AvgIpc) is 2.69. The van der Waals surface area contributed by atoms with Gasteiger partial charge >= 0.3 is 0 Å². The predicted octanol–water partition coefficient (Wildman–Crippen LogP) is 1.60. The Morgan fingerprint density at radius 1 is 1.44 bits per heavy atom. The Bertz CT molecular complexity index is 376. The van der Waals surface area contributed by atoms with Crippen molar-refractivity contribution in [2.45, 2.75) is 31.2 Å². The van der Waals surface area contributed by atoms with Crippen molar-refractivity contribution in [2.75, 3.05) is 26.7 Å². The van der Waals surface area contributed by atoms with Crippen LogP contribution in [0.1, 0.15) is 29.7 Å². The van der Waals surface area contributed by atoms with Crippen LogP contribution in [-0.2, 0) is 12.0 Å². The van der Waals surface area contributed by atoms with Gasteiger partial charge in [-0.15, -0.1) is 0 Å². The monoisotopic (exact) mass is 237 g/mol. The van der Waals surface area contributed by atoms with Gasteiger partial charge in [0, 0.05) is 35.1 Å². The second-order valence-electron chi connectivity index (χ2n) is 5.22. The van der Waals surface area contributed by atoms with Crippen LogP contribution in [0.15, 0.2) is 6.20 Å². The van der Waals surface area contributed by atoms with Crippen LogP contribution in [0.4, 0.5) is 0 Å². The SMILES string of the molecule is CN1CCCC2(CC1)CNCc1cnsc12. The molecule has 1 spiro atoms. The van der Waals surface area contributed by atoms with Crippen molar-refractivity contribution in [2.24, 2.45) is 0 Å². The summed E-state index contributed by atoms with van der Waals surface area (Å²) in [6.45, 7) is 4.63. The number of aromatic nitrogens is 1. The first-order valence-corrected chi connectivity index (χ1v) is 6.91. The molecule has 2 aliphatic rings. The van der Waals surface area contributed by atoms with E-state index in [1.807, 2.05) is 0 Å². The van der Waals surface area contributed by atoms with Gasteiger partial charge in [0.1, 0.15) is 0 Å². The number of nitrogens with zero attached hydrogens (tertiary/aromatic N) is 2. The van der Waals surface area contributed by atoms with Crippen LogP contribution in [0.5, 0.6) is 0 Å². The fourth-order valence-electron chi connectivity index (χ4n) is 3.07. The summed E-state index contributed by atoms with van der Waals surface area (Å²) in [5, 5.41) is 3.58. The molecule has 2 aliphatic heterocycles. The molecule has 3 rings (SSSR count). The molecule has 1 fully saturated rings. The van der Waals surface area contributed by atoms with Gasteiger partial charge in [-0.25, -0.2) is 4.37 Å². The molecule has 0 aliphatic carbocycles. The molecule has 1 N–H and O–H groups in total. The second kappa shape index (κ2) is 4.09. The van der Waals surface area contributed by atoms with Gasteiger partial charge in [-0.1, -0.05) is 0 Å². The highest BCUT2D eigenvalue weighted by atomic mass is 32.1. The maximum atomic E-state index is 4.39. The topological polar surface area (TPSA) is 28.2 Å². The number of rotatable bonds is 0. The van der Waals surface area contributed by atoms with Crippen LogP contribution in [0.2, 0.25) is 0 Å². The van der Waals surface area contributed by atoms with Crippen LogP contribution in [0.3, 0.4) is 0 Å². The molecule has 3 nitrogen and oxygen atoms in total. The molecule has 1 atom stereocenters. The van der Waals surface area contributed by atoms with E-state index in [1.165, 1.54) is 37.9 Å². The van der Waals surface area contributed by atoms with Crippen LogP contribution in [-0.4, -0.2) is 36.0 Å². The Balaban J connectivity index is 1.94. The van der Waals surface area contributed by atoms with Gasteiger partial charge < -0.3 is 10.2 Å². The van der Waals surface area contributed by atoms with Crippen molar-refractivity contribution in [3.63, 3.8) is 0 Å². The lowest BCUT2D eigenvalue weighted by Gasteiger charge is -2.36. The zero-order valence-electron chi connectivity index (χ0n) is 9.83. The fraction of sp³-hybridized carbons (Fsp3) is 0.750. The van der Waals surface area contributed by atoms with E-state index in [9.17, 15) is 0 Å². The van der Waals surface area contributed by atoms with E-state index in [2.05, 4.69) is 27.8 Å². The quantitative estimate of drug-likeness (QED) is 0.743. The number of hydrogen-bond acceptors (Lipinski definition) is 4. The molecule has 1 aromatic rings. The molecule has 16 heavy (non-hydrogen) atoms. The Labute approximate surface area is 101 Å². The van der Waals surface area contributed by atoms with Gasteiger partial charge in [0.25, 0.3) is 0 Å². The molecular weight excluding hydrogens is 218 g/mol. The Morgan fingerprint density at radius 3 is 3.31 bits per heavy atom. The summed E-state index contributed by atoms with van der Waals surface area (Å²) in [6, 6.07) is 0. The molecule has 1 unspecified atom stereocenters. The molecule has 4 heteroatoms. The van der Waals surface area contributed by atoms with Crippen molar-refractivity contribution >= 4 is 11.5 Å².